The summed E-state index contributed by atoms with van der Waals surface area (Å²) in [6.07, 6.45) is 9.57. The van der Waals surface area contributed by atoms with Gasteiger partial charge in [0.05, 0.1) is 12.6 Å². The zero-order chi connectivity index (χ0) is 20.5. The van der Waals surface area contributed by atoms with E-state index in [4.69, 9.17) is 4.74 Å². The second-order valence-corrected chi connectivity index (χ2v) is 9.02. The van der Waals surface area contributed by atoms with Crippen LogP contribution in [0.4, 0.5) is 0 Å². The molecule has 1 fully saturated rings. The zero-order valence-electron chi connectivity index (χ0n) is 17.5. The highest BCUT2D eigenvalue weighted by atomic mass is 16.5. The van der Waals surface area contributed by atoms with E-state index in [9.17, 15) is 9.90 Å². The fourth-order valence-electron chi connectivity index (χ4n) is 5.30. The van der Waals surface area contributed by atoms with Crippen molar-refractivity contribution in [2.75, 3.05) is 13.2 Å². The van der Waals surface area contributed by atoms with Crippen molar-refractivity contribution in [3.8, 4) is 5.75 Å². The lowest BCUT2D eigenvalue weighted by Gasteiger charge is -2.27. The van der Waals surface area contributed by atoms with Gasteiger partial charge in [-0.2, -0.15) is 5.10 Å². The van der Waals surface area contributed by atoms with Crippen molar-refractivity contribution < 1.29 is 14.6 Å². The Morgan fingerprint density at radius 1 is 1.17 bits per heavy atom. The van der Waals surface area contributed by atoms with Crippen LogP contribution >= 0.6 is 0 Å². The summed E-state index contributed by atoms with van der Waals surface area (Å²) in [5.74, 6) is 1.12. The highest BCUT2D eigenvalue weighted by molar-refractivity contribution is 5.94. The van der Waals surface area contributed by atoms with Crippen molar-refractivity contribution >= 4 is 5.91 Å². The number of H-pyrrole nitrogens is 1. The maximum absolute atomic E-state index is 13.3. The number of hydrogen-bond acceptors (Lipinski definition) is 4. The molecule has 2 N–H and O–H groups in total. The van der Waals surface area contributed by atoms with Crippen LogP contribution in [-0.2, 0) is 19.4 Å². The summed E-state index contributed by atoms with van der Waals surface area (Å²) in [4.78, 5) is 15.1. The molecule has 0 saturated heterocycles. The molecule has 0 bridgehead atoms. The quantitative estimate of drug-likeness (QED) is 0.805. The predicted molar refractivity (Wildman–Crippen MR) is 113 cm³/mol. The second-order valence-electron chi connectivity index (χ2n) is 9.02. The molecule has 0 radical (unpaired) electrons. The Hall–Kier alpha value is -2.34. The molecule has 5 rings (SSSR count). The molecule has 6 heteroatoms. The average Bonchev–Trinajstić information content (AvgIpc) is 3.11. The van der Waals surface area contributed by atoms with Crippen molar-refractivity contribution in [1.29, 1.82) is 0 Å². The molecule has 30 heavy (non-hydrogen) atoms. The molecule has 1 aliphatic heterocycles. The molecule has 2 aromatic rings. The van der Waals surface area contributed by atoms with Gasteiger partial charge in [-0.3, -0.25) is 9.89 Å². The topological polar surface area (TPSA) is 78.5 Å². The van der Waals surface area contributed by atoms with Gasteiger partial charge in [0.25, 0.3) is 5.91 Å². The Balaban J connectivity index is 1.37. The van der Waals surface area contributed by atoms with Gasteiger partial charge in [-0.05, 0) is 62.1 Å². The van der Waals surface area contributed by atoms with Crippen molar-refractivity contribution in [2.45, 2.75) is 70.4 Å². The first-order valence-corrected chi connectivity index (χ1v) is 11.5. The number of aryl methyl sites for hydroxylation is 1. The van der Waals surface area contributed by atoms with Crippen LogP contribution in [0.1, 0.15) is 83.9 Å². The number of hydrogen-bond donors (Lipinski definition) is 2. The Morgan fingerprint density at radius 3 is 2.87 bits per heavy atom. The van der Waals surface area contributed by atoms with Gasteiger partial charge in [-0.25, -0.2) is 0 Å². The number of aromatic nitrogens is 2. The first-order chi connectivity index (χ1) is 14.7. The fraction of sp³-hybridized carbons (Fsp3) is 0.583. The van der Waals surface area contributed by atoms with Crippen LogP contribution in [0.15, 0.2) is 18.2 Å². The minimum absolute atomic E-state index is 0.0240. The summed E-state index contributed by atoms with van der Waals surface area (Å²) < 4.78 is 5.94. The number of amides is 1. The maximum atomic E-state index is 13.3. The van der Waals surface area contributed by atoms with Gasteiger partial charge in [-0.1, -0.05) is 25.3 Å². The number of carbonyl (C=O) groups excluding carboxylic acids is 1. The van der Waals surface area contributed by atoms with Crippen LogP contribution in [-0.4, -0.2) is 39.3 Å². The summed E-state index contributed by atoms with van der Waals surface area (Å²) in [6.45, 7) is 1.49. The normalized spacial score (nSPS) is 20.6. The standard InChI is InChI=1S/C24H31N3O3/c28-23(16-6-2-1-3-7-16)17-10-11-21-18(14-17)15-27(12-13-30-21)24(29)22-19-8-4-5-9-20(19)25-26-22/h10-11,14,16,23,28H,1-9,12-13,15H2,(H,25,26). The van der Waals surface area contributed by atoms with E-state index in [1.165, 1.54) is 19.3 Å². The van der Waals surface area contributed by atoms with Crippen LogP contribution in [0, 0.1) is 5.92 Å². The van der Waals surface area contributed by atoms with E-state index in [1.54, 1.807) is 0 Å². The highest BCUT2D eigenvalue weighted by Gasteiger charge is 2.29. The lowest BCUT2D eigenvalue weighted by atomic mass is 9.82. The SMILES string of the molecule is O=C(c1n[nH]c2c1CCCC2)N1CCOc2ccc(C(O)C3CCCCC3)cc2C1. The third-order valence-corrected chi connectivity index (χ3v) is 7.05. The lowest BCUT2D eigenvalue weighted by Crippen LogP contribution is -2.33. The van der Waals surface area contributed by atoms with Crippen molar-refractivity contribution in [3.63, 3.8) is 0 Å². The minimum atomic E-state index is -0.443. The summed E-state index contributed by atoms with van der Waals surface area (Å²) >= 11 is 0. The molecule has 1 unspecified atom stereocenters. The van der Waals surface area contributed by atoms with E-state index in [-0.39, 0.29) is 5.91 Å². The first-order valence-electron chi connectivity index (χ1n) is 11.5. The van der Waals surface area contributed by atoms with Crippen molar-refractivity contribution in [2.24, 2.45) is 5.92 Å². The smallest absolute Gasteiger partial charge is 0.275 e. The zero-order valence-corrected chi connectivity index (χ0v) is 17.5. The van der Waals surface area contributed by atoms with Gasteiger partial charge < -0.3 is 14.7 Å². The van der Waals surface area contributed by atoms with E-state index in [2.05, 4.69) is 10.2 Å². The molecule has 2 aliphatic carbocycles. The van der Waals surface area contributed by atoms with Crippen LogP contribution in [0.3, 0.4) is 0 Å². The molecule has 1 amide bonds. The highest BCUT2D eigenvalue weighted by Crippen LogP contribution is 2.36. The molecular formula is C24H31N3O3. The maximum Gasteiger partial charge on any atom is 0.275 e. The Morgan fingerprint density at radius 2 is 2.00 bits per heavy atom. The van der Waals surface area contributed by atoms with Crippen LogP contribution < -0.4 is 4.74 Å². The number of aromatic amines is 1. The number of nitrogens with zero attached hydrogens (tertiary/aromatic N) is 2. The van der Waals surface area contributed by atoms with Crippen LogP contribution in [0.25, 0.3) is 0 Å². The van der Waals surface area contributed by atoms with Crippen molar-refractivity contribution in [3.05, 3.63) is 46.3 Å². The number of carbonyl (C=O) groups is 1. The third-order valence-electron chi connectivity index (χ3n) is 7.05. The van der Waals surface area contributed by atoms with Gasteiger partial charge in [0, 0.05) is 23.4 Å². The van der Waals surface area contributed by atoms with Crippen LogP contribution in [0.2, 0.25) is 0 Å². The molecule has 1 aromatic carbocycles. The molecule has 6 nitrogen and oxygen atoms in total. The van der Waals surface area contributed by atoms with Crippen LogP contribution in [0.5, 0.6) is 5.75 Å². The number of aliphatic hydroxyl groups is 1. The van der Waals surface area contributed by atoms with Gasteiger partial charge in [0.1, 0.15) is 12.4 Å². The number of fused-ring (bicyclic) bond motifs is 2. The van der Waals surface area contributed by atoms with Gasteiger partial charge in [-0.15, -0.1) is 0 Å². The average molecular weight is 410 g/mol. The van der Waals surface area contributed by atoms with E-state index in [1.807, 2.05) is 23.1 Å². The molecule has 0 spiro atoms. The number of ether oxygens (including phenoxy) is 1. The van der Waals surface area contributed by atoms with Crippen molar-refractivity contribution in [1.82, 2.24) is 15.1 Å². The largest absolute Gasteiger partial charge is 0.491 e. The van der Waals surface area contributed by atoms with E-state index < -0.39 is 6.10 Å². The number of nitrogens with one attached hydrogen (secondary N) is 1. The van der Waals surface area contributed by atoms with Gasteiger partial charge >= 0.3 is 0 Å². The summed E-state index contributed by atoms with van der Waals surface area (Å²) in [6, 6.07) is 5.99. The lowest BCUT2D eigenvalue weighted by molar-refractivity contribution is 0.0725. The Labute approximate surface area is 177 Å². The summed E-state index contributed by atoms with van der Waals surface area (Å²) in [5, 5.41) is 18.4. The minimum Gasteiger partial charge on any atom is -0.491 e. The number of benzene rings is 1. The monoisotopic (exact) mass is 409 g/mol. The van der Waals surface area contributed by atoms with Gasteiger partial charge in [0.2, 0.25) is 0 Å². The molecule has 3 aliphatic rings. The summed E-state index contributed by atoms with van der Waals surface area (Å²) in [7, 11) is 0. The van der Waals surface area contributed by atoms with E-state index in [0.717, 1.165) is 66.7 Å². The Kier molecular flexibility index (Phi) is 5.50. The molecule has 1 atom stereocenters. The predicted octanol–water partition coefficient (Wildman–Crippen LogP) is 3.94. The molecule has 2 heterocycles. The summed E-state index contributed by atoms with van der Waals surface area (Å²) in [5.41, 5.74) is 4.70. The first kappa shape index (κ1) is 19.6. The number of aliphatic hydroxyl groups excluding tert-OH is 1. The van der Waals surface area contributed by atoms with Gasteiger partial charge in [0.15, 0.2) is 5.69 Å². The second kappa shape index (κ2) is 8.42. The molecule has 1 aromatic heterocycles. The van der Waals surface area contributed by atoms with E-state index in [0.29, 0.717) is 31.3 Å². The Bertz CT molecular complexity index is 916. The third kappa shape index (κ3) is 3.73. The number of rotatable bonds is 3. The fourth-order valence-corrected chi connectivity index (χ4v) is 5.30. The molecule has 160 valence electrons. The molecular weight excluding hydrogens is 378 g/mol. The molecule has 1 saturated carbocycles. The van der Waals surface area contributed by atoms with E-state index >= 15 is 0 Å².